The molecule has 0 aliphatic heterocycles. The first-order chi connectivity index (χ1) is 10.1. The fourth-order valence-corrected chi connectivity index (χ4v) is 2.36. The van der Waals surface area contributed by atoms with Gasteiger partial charge in [0.05, 0.1) is 12.2 Å². The van der Waals surface area contributed by atoms with Crippen molar-refractivity contribution >= 4 is 11.4 Å². The van der Waals surface area contributed by atoms with Crippen molar-refractivity contribution in [2.45, 2.75) is 26.8 Å². The van der Waals surface area contributed by atoms with E-state index in [1.807, 2.05) is 6.92 Å². The number of halogens is 1. The molecule has 112 valence electrons. The van der Waals surface area contributed by atoms with E-state index < -0.39 is 0 Å². The van der Waals surface area contributed by atoms with Crippen molar-refractivity contribution in [1.82, 2.24) is 4.98 Å². The van der Waals surface area contributed by atoms with Crippen LogP contribution in [-0.4, -0.2) is 18.1 Å². The molecule has 21 heavy (non-hydrogen) atoms. The number of rotatable bonds is 6. The Morgan fingerprint density at radius 3 is 2.38 bits per heavy atom. The molecule has 1 heterocycles. The van der Waals surface area contributed by atoms with Gasteiger partial charge in [-0.15, -0.1) is 0 Å². The SMILES string of the molecule is CCN(CC)c1ccc(NC(C)c2cncc(F)c2)cc1. The summed E-state index contributed by atoms with van der Waals surface area (Å²) in [5, 5.41) is 3.36. The van der Waals surface area contributed by atoms with E-state index >= 15 is 0 Å². The van der Waals surface area contributed by atoms with Crippen LogP contribution in [0.25, 0.3) is 0 Å². The Labute approximate surface area is 125 Å². The number of hydrogen-bond acceptors (Lipinski definition) is 3. The van der Waals surface area contributed by atoms with Gasteiger partial charge in [0.25, 0.3) is 0 Å². The van der Waals surface area contributed by atoms with Crippen molar-refractivity contribution in [3.05, 3.63) is 54.1 Å². The second-order valence-corrected chi connectivity index (χ2v) is 5.02. The van der Waals surface area contributed by atoms with Crippen LogP contribution in [0.4, 0.5) is 15.8 Å². The van der Waals surface area contributed by atoms with E-state index in [2.05, 4.69) is 53.3 Å². The van der Waals surface area contributed by atoms with Gasteiger partial charge in [-0.1, -0.05) is 0 Å². The molecule has 1 aromatic carbocycles. The van der Waals surface area contributed by atoms with Crippen LogP contribution >= 0.6 is 0 Å². The van der Waals surface area contributed by atoms with Gasteiger partial charge in [0.1, 0.15) is 5.82 Å². The van der Waals surface area contributed by atoms with Gasteiger partial charge in [-0.3, -0.25) is 4.98 Å². The van der Waals surface area contributed by atoms with Crippen molar-refractivity contribution < 1.29 is 4.39 Å². The Balaban J connectivity index is 2.06. The van der Waals surface area contributed by atoms with Gasteiger partial charge in [-0.2, -0.15) is 0 Å². The molecular weight excluding hydrogens is 265 g/mol. The van der Waals surface area contributed by atoms with Gasteiger partial charge in [0.15, 0.2) is 0 Å². The van der Waals surface area contributed by atoms with Crippen LogP contribution in [0.3, 0.4) is 0 Å². The molecule has 0 aliphatic carbocycles. The standard InChI is InChI=1S/C17H22FN3/c1-4-21(5-2)17-8-6-16(7-9-17)20-13(3)14-10-15(18)12-19-11-14/h6-13,20H,4-5H2,1-3H3. The Bertz CT molecular complexity index is 565. The lowest BCUT2D eigenvalue weighted by Crippen LogP contribution is -2.21. The van der Waals surface area contributed by atoms with E-state index in [0.717, 1.165) is 24.3 Å². The average Bonchev–Trinajstić information content (AvgIpc) is 2.50. The number of pyridine rings is 1. The van der Waals surface area contributed by atoms with E-state index in [-0.39, 0.29) is 11.9 Å². The average molecular weight is 287 g/mol. The largest absolute Gasteiger partial charge is 0.378 e. The predicted octanol–water partition coefficient (Wildman–Crippen LogP) is 4.24. The number of anilines is 2. The third kappa shape index (κ3) is 3.94. The molecule has 1 aromatic heterocycles. The molecule has 1 unspecified atom stereocenters. The van der Waals surface area contributed by atoms with Crippen LogP contribution < -0.4 is 10.2 Å². The Morgan fingerprint density at radius 2 is 1.81 bits per heavy atom. The molecule has 0 fully saturated rings. The molecule has 0 bridgehead atoms. The van der Waals surface area contributed by atoms with Crippen molar-refractivity contribution in [2.24, 2.45) is 0 Å². The van der Waals surface area contributed by atoms with Crippen LogP contribution in [-0.2, 0) is 0 Å². The summed E-state index contributed by atoms with van der Waals surface area (Å²) in [6.07, 6.45) is 2.90. The maximum Gasteiger partial charge on any atom is 0.141 e. The minimum Gasteiger partial charge on any atom is -0.378 e. The highest BCUT2D eigenvalue weighted by Gasteiger charge is 2.07. The van der Waals surface area contributed by atoms with Gasteiger partial charge in [-0.25, -0.2) is 4.39 Å². The molecule has 0 saturated carbocycles. The number of benzene rings is 1. The highest BCUT2D eigenvalue weighted by Crippen LogP contribution is 2.22. The van der Waals surface area contributed by atoms with Crippen molar-refractivity contribution in [2.75, 3.05) is 23.3 Å². The lowest BCUT2D eigenvalue weighted by molar-refractivity contribution is 0.616. The Morgan fingerprint density at radius 1 is 1.14 bits per heavy atom. The monoisotopic (exact) mass is 287 g/mol. The van der Waals surface area contributed by atoms with E-state index in [1.54, 1.807) is 6.20 Å². The zero-order valence-electron chi connectivity index (χ0n) is 12.8. The fraction of sp³-hybridized carbons (Fsp3) is 0.353. The van der Waals surface area contributed by atoms with Gasteiger partial charge >= 0.3 is 0 Å². The van der Waals surface area contributed by atoms with Crippen LogP contribution in [0.1, 0.15) is 32.4 Å². The highest BCUT2D eigenvalue weighted by molar-refractivity contribution is 5.55. The lowest BCUT2D eigenvalue weighted by atomic mass is 10.1. The number of nitrogens with one attached hydrogen (secondary N) is 1. The summed E-state index contributed by atoms with van der Waals surface area (Å²) < 4.78 is 13.2. The first kappa shape index (κ1) is 15.3. The summed E-state index contributed by atoms with van der Waals surface area (Å²) in [4.78, 5) is 6.18. The molecular formula is C17H22FN3. The van der Waals surface area contributed by atoms with Gasteiger partial charge in [-0.05, 0) is 56.7 Å². The molecule has 2 aromatic rings. The van der Waals surface area contributed by atoms with Gasteiger partial charge < -0.3 is 10.2 Å². The molecule has 1 atom stereocenters. The maximum atomic E-state index is 13.2. The molecule has 0 saturated heterocycles. The quantitative estimate of drug-likeness (QED) is 0.861. The first-order valence-corrected chi connectivity index (χ1v) is 7.36. The molecule has 0 radical (unpaired) electrons. The minimum atomic E-state index is -0.307. The topological polar surface area (TPSA) is 28.2 Å². The zero-order valence-corrected chi connectivity index (χ0v) is 12.8. The summed E-state index contributed by atoms with van der Waals surface area (Å²) in [6, 6.07) is 9.83. The van der Waals surface area contributed by atoms with E-state index in [1.165, 1.54) is 18.0 Å². The second kappa shape index (κ2) is 7.07. The Kier molecular flexibility index (Phi) is 5.14. The maximum absolute atomic E-state index is 13.2. The highest BCUT2D eigenvalue weighted by atomic mass is 19.1. The fourth-order valence-electron chi connectivity index (χ4n) is 2.36. The van der Waals surface area contributed by atoms with E-state index in [0.29, 0.717) is 0 Å². The smallest absolute Gasteiger partial charge is 0.141 e. The lowest BCUT2D eigenvalue weighted by Gasteiger charge is -2.22. The summed E-state index contributed by atoms with van der Waals surface area (Å²) in [5.74, 6) is -0.307. The normalized spacial score (nSPS) is 12.0. The summed E-state index contributed by atoms with van der Waals surface area (Å²) in [7, 11) is 0. The third-order valence-electron chi connectivity index (χ3n) is 3.61. The molecule has 2 rings (SSSR count). The van der Waals surface area contributed by atoms with Crippen molar-refractivity contribution in [3.8, 4) is 0 Å². The van der Waals surface area contributed by atoms with Crippen LogP contribution in [0.2, 0.25) is 0 Å². The minimum absolute atomic E-state index is 0.00695. The molecule has 0 aliphatic rings. The van der Waals surface area contributed by atoms with Crippen molar-refractivity contribution in [3.63, 3.8) is 0 Å². The zero-order chi connectivity index (χ0) is 15.2. The first-order valence-electron chi connectivity index (χ1n) is 7.36. The molecule has 3 nitrogen and oxygen atoms in total. The Hall–Kier alpha value is -2.10. The van der Waals surface area contributed by atoms with Crippen LogP contribution in [0.15, 0.2) is 42.7 Å². The van der Waals surface area contributed by atoms with Crippen molar-refractivity contribution in [1.29, 1.82) is 0 Å². The summed E-state index contributed by atoms with van der Waals surface area (Å²) in [6.45, 7) is 8.28. The summed E-state index contributed by atoms with van der Waals surface area (Å²) in [5.41, 5.74) is 3.07. The molecule has 0 amide bonds. The predicted molar refractivity (Wildman–Crippen MR) is 86.2 cm³/mol. The van der Waals surface area contributed by atoms with Gasteiger partial charge in [0, 0.05) is 30.7 Å². The summed E-state index contributed by atoms with van der Waals surface area (Å²) >= 11 is 0. The molecule has 0 spiro atoms. The van der Waals surface area contributed by atoms with Crippen LogP contribution in [0.5, 0.6) is 0 Å². The third-order valence-corrected chi connectivity index (χ3v) is 3.61. The number of nitrogens with zero attached hydrogens (tertiary/aromatic N) is 2. The second-order valence-electron chi connectivity index (χ2n) is 5.02. The van der Waals surface area contributed by atoms with E-state index in [9.17, 15) is 4.39 Å². The molecule has 4 heteroatoms. The van der Waals surface area contributed by atoms with Crippen LogP contribution in [0, 0.1) is 5.82 Å². The molecule has 1 N–H and O–H groups in total. The van der Waals surface area contributed by atoms with Gasteiger partial charge in [0.2, 0.25) is 0 Å². The van der Waals surface area contributed by atoms with E-state index in [4.69, 9.17) is 0 Å². The number of hydrogen-bond donors (Lipinski definition) is 1. The number of aromatic nitrogens is 1.